The number of nitrogens with zero attached hydrogens (tertiary/aromatic N) is 1. The number of halogens is 2. The largest absolute Gasteiger partial charge is 0.284 e. The lowest BCUT2D eigenvalue weighted by Crippen LogP contribution is -2.05. The van der Waals surface area contributed by atoms with Crippen LogP contribution in [-0.2, 0) is 0 Å². The Kier molecular flexibility index (Phi) is 4.44. The molecule has 0 aromatic heterocycles. The molecular weight excluding hydrogens is 328 g/mol. The molecule has 0 atom stereocenters. The van der Waals surface area contributed by atoms with E-state index in [-0.39, 0.29) is 11.6 Å². The molecule has 3 heteroatoms. The minimum atomic E-state index is -0.277. The van der Waals surface area contributed by atoms with Crippen molar-refractivity contribution in [3.05, 3.63) is 113 Å². The van der Waals surface area contributed by atoms with Gasteiger partial charge in [0.15, 0.2) is 0 Å². The van der Waals surface area contributed by atoms with E-state index in [0.29, 0.717) is 6.54 Å². The van der Waals surface area contributed by atoms with E-state index in [1.165, 1.54) is 24.3 Å². The minimum Gasteiger partial charge on any atom is -0.284 e. The van der Waals surface area contributed by atoms with Crippen LogP contribution >= 0.6 is 0 Å². The standard InChI is InChI=1S/C23H17F2N/c24-19-10-6-16(7-11-19)22(17-8-12-20(25)13-9-17)21-14-15-26-23(21)18-4-2-1-3-5-18/h1-13H,14-15H2. The second kappa shape index (κ2) is 7.04. The lowest BCUT2D eigenvalue weighted by molar-refractivity contribution is 0.627. The summed E-state index contributed by atoms with van der Waals surface area (Å²) >= 11 is 0. The second-order valence-electron chi connectivity index (χ2n) is 6.21. The quantitative estimate of drug-likeness (QED) is 0.581. The first-order valence-electron chi connectivity index (χ1n) is 8.57. The van der Waals surface area contributed by atoms with Gasteiger partial charge in [-0.05, 0) is 58.5 Å². The van der Waals surface area contributed by atoms with Gasteiger partial charge in [-0.25, -0.2) is 8.78 Å². The molecule has 0 saturated carbocycles. The minimum absolute atomic E-state index is 0.277. The number of hydrogen-bond donors (Lipinski definition) is 0. The van der Waals surface area contributed by atoms with Gasteiger partial charge < -0.3 is 0 Å². The van der Waals surface area contributed by atoms with Gasteiger partial charge in [-0.15, -0.1) is 0 Å². The van der Waals surface area contributed by atoms with Crippen LogP contribution < -0.4 is 0 Å². The van der Waals surface area contributed by atoms with E-state index in [1.54, 1.807) is 24.3 Å². The molecule has 0 N–H and O–H groups in total. The summed E-state index contributed by atoms with van der Waals surface area (Å²) in [6.45, 7) is 0.714. The van der Waals surface area contributed by atoms with Gasteiger partial charge >= 0.3 is 0 Å². The van der Waals surface area contributed by atoms with E-state index >= 15 is 0 Å². The zero-order valence-corrected chi connectivity index (χ0v) is 14.1. The van der Waals surface area contributed by atoms with Crippen molar-refractivity contribution in [2.75, 3.05) is 6.54 Å². The average molecular weight is 345 g/mol. The number of aliphatic imine (C=N–C) groups is 1. The predicted octanol–water partition coefficient (Wildman–Crippen LogP) is 5.66. The molecule has 4 rings (SSSR count). The van der Waals surface area contributed by atoms with Gasteiger partial charge in [0, 0.05) is 6.54 Å². The molecule has 0 saturated heterocycles. The van der Waals surface area contributed by atoms with Crippen molar-refractivity contribution in [3.63, 3.8) is 0 Å². The summed E-state index contributed by atoms with van der Waals surface area (Å²) < 4.78 is 26.9. The summed E-state index contributed by atoms with van der Waals surface area (Å²) in [6, 6.07) is 22.9. The Morgan fingerprint density at radius 2 is 1.23 bits per heavy atom. The number of benzene rings is 3. The molecule has 0 aliphatic carbocycles. The predicted molar refractivity (Wildman–Crippen MR) is 101 cm³/mol. The summed E-state index contributed by atoms with van der Waals surface area (Å²) in [4.78, 5) is 4.71. The fourth-order valence-corrected chi connectivity index (χ4v) is 3.35. The van der Waals surface area contributed by atoms with Crippen molar-refractivity contribution in [2.45, 2.75) is 6.42 Å². The summed E-state index contributed by atoms with van der Waals surface area (Å²) in [5.41, 5.74) is 5.90. The second-order valence-corrected chi connectivity index (χ2v) is 6.21. The number of hydrogen-bond acceptors (Lipinski definition) is 1. The van der Waals surface area contributed by atoms with Crippen molar-refractivity contribution >= 4 is 11.3 Å². The van der Waals surface area contributed by atoms with E-state index in [9.17, 15) is 8.78 Å². The SMILES string of the molecule is Fc1ccc(C(=C2CCN=C2c2ccccc2)c2ccc(F)cc2)cc1. The van der Waals surface area contributed by atoms with Crippen molar-refractivity contribution in [1.82, 2.24) is 0 Å². The third-order valence-electron chi connectivity index (χ3n) is 4.53. The summed E-state index contributed by atoms with van der Waals surface area (Å²) in [5.74, 6) is -0.554. The van der Waals surface area contributed by atoms with E-state index in [0.717, 1.165) is 40.0 Å². The normalized spacial score (nSPS) is 13.6. The molecule has 26 heavy (non-hydrogen) atoms. The van der Waals surface area contributed by atoms with Crippen LogP contribution in [-0.4, -0.2) is 12.3 Å². The molecule has 1 nitrogen and oxygen atoms in total. The van der Waals surface area contributed by atoms with Gasteiger partial charge in [-0.3, -0.25) is 4.99 Å². The summed E-state index contributed by atoms with van der Waals surface area (Å²) in [6.07, 6.45) is 0.800. The molecule has 0 amide bonds. The molecule has 1 aliphatic heterocycles. The first-order valence-corrected chi connectivity index (χ1v) is 8.57. The van der Waals surface area contributed by atoms with Gasteiger partial charge in [-0.2, -0.15) is 0 Å². The maximum absolute atomic E-state index is 13.4. The third kappa shape index (κ3) is 3.21. The highest BCUT2D eigenvalue weighted by molar-refractivity contribution is 6.19. The average Bonchev–Trinajstić information content (AvgIpc) is 3.15. The maximum atomic E-state index is 13.4. The first-order chi connectivity index (χ1) is 12.7. The maximum Gasteiger partial charge on any atom is 0.123 e. The van der Waals surface area contributed by atoms with Crippen molar-refractivity contribution < 1.29 is 8.78 Å². The van der Waals surface area contributed by atoms with Crippen LogP contribution in [0, 0.1) is 11.6 Å². The van der Waals surface area contributed by atoms with Crippen LogP contribution in [0.2, 0.25) is 0 Å². The molecule has 0 radical (unpaired) electrons. The Balaban J connectivity index is 1.92. The third-order valence-corrected chi connectivity index (χ3v) is 4.53. The highest BCUT2D eigenvalue weighted by Gasteiger charge is 2.21. The molecule has 3 aromatic carbocycles. The Morgan fingerprint density at radius 3 is 1.77 bits per heavy atom. The van der Waals surface area contributed by atoms with Crippen LogP contribution in [0.15, 0.2) is 89.4 Å². The van der Waals surface area contributed by atoms with Gasteiger partial charge in [0.1, 0.15) is 11.6 Å². The molecule has 0 spiro atoms. The van der Waals surface area contributed by atoms with E-state index in [2.05, 4.69) is 0 Å². The molecular formula is C23H17F2N. The fraction of sp³-hybridized carbons (Fsp3) is 0.0870. The molecule has 0 unspecified atom stereocenters. The fourth-order valence-electron chi connectivity index (χ4n) is 3.35. The van der Waals surface area contributed by atoms with Crippen LogP contribution in [0.5, 0.6) is 0 Å². The van der Waals surface area contributed by atoms with E-state index < -0.39 is 0 Å². The topological polar surface area (TPSA) is 12.4 Å². The molecule has 0 bridgehead atoms. The summed E-state index contributed by atoms with van der Waals surface area (Å²) in [7, 11) is 0. The molecule has 1 aliphatic rings. The molecule has 128 valence electrons. The highest BCUT2D eigenvalue weighted by Crippen LogP contribution is 2.33. The van der Waals surface area contributed by atoms with Gasteiger partial charge in [0.05, 0.1) is 5.71 Å². The van der Waals surface area contributed by atoms with Gasteiger partial charge in [0.2, 0.25) is 0 Å². The molecule has 0 fully saturated rings. The first kappa shape index (κ1) is 16.4. The van der Waals surface area contributed by atoms with E-state index in [4.69, 9.17) is 4.99 Å². The van der Waals surface area contributed by atoms with E-state index in [1.807, 2.05) is 30.3 Å². The summed E-state index contributed by atoms with van der Waals surface area (Å²) in [5, 5.41) is 0. The Bertz CT molecular complexity index is 921. The molecule has 3 aromatic rings. The van der Waals surface area contributed by atoms with Crippen molar-refractivity contribution in [2.24, 2.45) is 4.99 Å². The van der Waals surface area contributed by atoms with Crippen molar-refractivity contribution in [1.29, 1.82) is 0 Å². The van der Waals surface area contributed by atoms with Crippen LogP contribution in [0.3, 0.4) is 0 Å². The van der Waals surface area contributed by atoms with Gasteiger partial charge in [0.25, 0.3) is 0 Å². The number of rotatable bonds is 3. The monoisotopic (exact) mass is 345 g/mol. The smallest absolute Gasteiger partial charge is 0.123 e. The van der Waals surface area contributed by atoms with Crippen LogP contribution in [0.1, 0.15) is 23.1 Å². The zero-order valence-electron chi connectivity index (χ0n) is 14.1. The Labute approximate surface area is 151 Å². The van der Waals surface area contributed by atoms with Crippen LogP contribution in [0.4, 0.5) is 8.78 Å². The van der Waals surface area contributed by atoms with Gasteiger partial charge in [-0.1, -0.05) is 54.6 Å². The lowest BCUT2D eigenvalue weighted by atomic mass is 9.88. The lowest BCUT2D eigenvalue weighted by Gasteiger charge is -2.15. The van der Waals surface area contributed by atoms with Crippen molar-refractivity contribution in [3.8, 4) is 0 Å². The highest BCUT2D eigenvalue weighted by atomic mass is 19.1. The Hall–Kier alpha value is -3.07. The molecule has 1 heterocycles. The van der Waals surface area contributed by atoms with Crippen LogP contribution in [0.25, 0.3) is 5.57 Å². The zero-order chi connectivity index (χ0) is 17.9. The Morgan fingerprint density at radius 1 is 0.692 bits per heavy atom.